The van der Waals surface area contributed by atoms with E-state index in [0.29, 0.717) is 37.6 Å². The maximum absolute atomic E-state index is 13.3. The fourth-order valence-corrected chi connectivity index (χ4v) is 5.80. The fraction of sp³-hybridized carbons (Fsp3) is 0.355. The highest BCUT2D eigenvalue weighted by Crippen LogP contribution is 2.34. The number of hydrogen-bond donors (Lipinski definition) is 0. The maximum atomic E-state index is 13.3. The van der Waals surface area contributed by atoms with Crippen LogP contribution in [0, 0.1) is 35.3 Å². The van der Waals surface area contributed by atoms with Gasteiger partial charge in [-0.1, -0.05) is 18.2 Å². The molecule has 0 N–H and O–H groups in total. The topological polar surface area (TPSA) is 98.7 Å². The molecule has 0 unspecified atom stereocenters. The lowest BCUT2D eigenvalue weighted by Crippen LogP contribution is -2.49. The molecule has 3 aromatic rings. The number of anilines is 2. The molecule has 2 aliphatic heterocycles. The molecule has 2 saturated heterocycles. The van der Waals surface area contributed by atoms with Gasteiger partial charge >= 0.3 is 0 Å². The van der Waals surface area contributed by atoms with Gasteiger partial charge in [0.2, 0.25) is 0 Å². The minimum absolute atomic E-state index is 0.0832. The largest absolute Gasteiger partial charge is 0.368 e. The summed E-state index contributed by atoms with van der Waals surface area (Å²) in [5.74, 6) is -0.276. The highest BCUT2D eigenvalue weighted by Gasteiger charge is 2.25. The summed E-state index contributed by atoms with van der Waals surface area (Å²) >= 11 is 0. The number of amides is 1. The monoisotopic (exact) mass is 538 g/mol. The number of nitro benzene ring substituents is 1. The van der Waals surface area contributed by atoms with Crippen LogP contribution >= 0.6 is 0 Å². The lowest BCUT2D eigenvalue weighted by molar-refractivity contribution is -0.384. The summed E-state index contributed by atoms with van der Waals surface area (Å²) in [7, 11) is 0. The van der Waals surface area contributed by atoms with Gasteiger partial charge in [-0.05, 0) is 75.1 Å². The van der Waals surface area contributed by atoms with Crippen molar-refractivity contribution in [2.45, 2.75) is 33.1 Å². The van der Waals surface area contributed by atoms with Crippen molar-refractivity contribution < 1.29 is 9.72 Å². The number of carbonyl (C=O) groups excluding carboxylic acids is 1. The predicted molar refractivity (Wildman–Crippen MR) is 157 cm³/mol. The molecule has 9 heteroatoms. The number of rotatable bonds is 6. The molecule has 0 spiro atoms. The van der Waals surface area contributed by atoms with Crippen molar-refractivity contribution in [1.82, 2.24) is 9.47 Å². The van der Waals surface area contributed by atoms with Gasteiger partial charge in [0.15, 0.2) is 0 Å². The van der Waals surface area contributed by atoms with E-state index in [4.69, 9.17) is 0 Å². The molecular weight excluding hydrogens is 504 g/mol. The second kappa shape index (κ2) is 11.7. The van der Waals surface area contributed by atoms with E-state index in [1.165, 1.54) is 0 Å². The van der Waals surface area contributed by atoms with Gasteiger partial charge in [0.25, 0.3) is 11.6 Å². The number of aromatic nitrogens is 1. The molecule has 40 heavy (non-hydrogen) atoms. The quantitative estimate of drug-likeness (QED) is 0.184. The summed E-state index contributed by atoms with van der Waals surface area (Å²) in [4.78, 5) is 31.1. The highest BCUT2D eigenvalue weighted by molar-refractivity contribution is 6.02. The Morgan fingerprint density at radius 1 is 0.900 bits per heavy atom. The second-order valence-corrected chi connectivity index (χ2v) is 10.4. The summed E-state index contributed by atoms with van der Waals surface area (Å²) in [5, 5.41) is 21.9. The lowest BCUT2D eigenvalue weighted by atomic mass is 10.1. The van der Waals surface area contributed by atoms with E-state index in [0.717, 1.165) is 55.0 Å². The Morgan fingerprint density at radius 3 is 2.25 bits per heavy atom. The molecule has 0 atom stereocenters. The first-order valence-corrected chi connectivity index (χ1v) is 13.8. The van der Waals surface area contributed by atoms with E-state index < -0.39 is 0 Å². The maximum Gasteiger partial charge on any atom is 0.294 e. The van der Waals surface area contributed by atoms with Crippen LogP contribution in [0.5, 0.6) is 0 Å². The Labute approximate surface area is 234 Å². The van der Waals surface area contributed by atoms with Crippen molar-refractivity contribution in [3.05, 3.63) is 87.2 Å². The average molecular weight is 539 g/mol. The minimum atomic E-state index is -0.313. The van der Waals surface area contributed by atoms with Crippen LogP contribution in [-0.2, 0) is 4.79 Å². The van der Waals surface area contributed by atoms with Crippen LogP contribution in [0.25, 0.3) is 11.8 Å². The number of nitro groups is 1. The van der Waals surface area contributed by atoms with Crippen LogP contribution < -0.4 is 9.80 Å². The first kappa shape index (κ1) is 27.0. The zero-order chi connectivity index (χ0) is 28.2. The molecule has 9 nitrogen and oxygen atoms in total. The standard InChI is InChI=1S/C31H34N6O3/c1-23-19-25(20-26(22-32)31(38)35-17-15-33(16-18-35)27-9-5-3-6-10-27)24(2)36(23)28-11-12-29(30(21-28)37(39)40)34-13-7-4-8-14-34/h3,5-6,9-12,19-21H,4,7-8,13-18H2,1-2H3/b26-20+. The van der Waals surface area contributed by atoms with Crippen LogP contribution in [0.1, 0.15) is 36.2 Å². The molecule has 0 bridgehead atoms. The molecule has 0 aliphatic carbocycles. The Balaban J connectivity index is 1.37. The highest BCUT2D eigenvalue weighted by atomic mass is 16.6. The number of nitrogens with zero attached hydrogens (tertiary/aromatic N) is 6. The number of benzene rings is 2. The molecule has 5 rings (SSSR count). The number of aryl methyl sites for hydroxylation is 1. The van der Waals surface area contributed by atoms with E-state index in [2.05, 4.69) is 28.0 Å². The van der Waals surface area contributed by atoms with Gasteiger partial charge in [-0.15, -0.1) is 0 Å². The van der Waals surface area contributed by atoms with E-state index in [1.807, 2.05) is 54.8 Å². The zero-order valence-corrected chi connectivity index (χ0v) is 23.0. The number of piperazine rings is 1. The molecule has 1 aromatic heterocycles. The van der Waals surface area contributed by atoms with E-state index in [-0.39, 0.29) is 22.1 Å². The third-order valence-electron chi connectivity index (χ3n) is 7.92. The molecule has 1 amide bonds. The molecule has 0 saturated carbocycles. The van der Waals surface area contributed by atoms with Gasteiger partial charge in [-0.2, -0.15) is 5.26 Å². The van der Waals surface area contributed by atoms with E-state index in [1.54, 1.807) is 17.0 Å². The Morgan fingerprint density at radius 2 is 1.60 bits per heavy atom. The molecule has 3 heterocycles. The van der Waals surface area contributed by atoms with E-state index >= 15 is 0 Å². The predicted octanol–water partition coefficient (Wildman–Crippen LogP) is 5.25. The average Bonchev–Trinajstić information content (AvgIpc) is 3.28. The number of hydrogen-bond acceptors (Lipinski definition) is 6. The first-order chi connectivity index (χ1) is 19.4. The Kier molecular flexibility index (Phi) is 7.87. The Hall–Kier alpha value is -4.58. The van der Waals surface area contributed by atoms with Crippen LogP contribution in [-0.4, -0.2) is 59.6 Å². The molecule has 0 radical (unpaired) electrons. The summed E-state index contributed by atoms with van der Waals surface area (Å²) < 4.78 is 1.94. The van der Waals surface area contributed by atoms with E-state index in [9.17, 15) is 20.2 Å². The zero-order valence-electron chi connectivity index (χ0n) is 23.0. The SMILES string of the molecule is Cc1cc(/C=C(\C#N)C(=O)N2CCN(c3ccccc3)CC2)c(C)n1-c1ccc(N2CCCCC2)c([N+](=O)[O-])c1. The normalized spacial score (nSPS) is 16.1. The fourth-order valence-electron chi connectivity index (χ4n) is 5.80. The molecule has 2 aromatic carbocycles. The van der Waals surface area contributed by atoms with Gasteiger partial charge < -0.3 is 19.3 Å². The summed E-state index contributed by atoms with van der Waals surface area (Å²) in [5.41, 5.74) is 5.06. The van der Waals surface area contributed by atoms with Crippen molar-refractivity contribution >= 4 is 29.0 Å². The summed E-state index contributed by atoms with van der Waals surface area (Å²) in [6.07, 6.45) is 4.86. The number of nitriles is 1. The first-order valence-electron chi connectivity index (χ1n) is 13.8. The van der Waals surface area contributed by atoms with Crippen molar-refractivity contribution in [3.8, 4) is 11.8 Å². The van der Waals surface area contributed by atoms with Crippen molar-refractivity contribution in [3.63, 3.8) is 0 Å². The Bertz CT molecular complexity index is 1470. The van der Waals surface area contributed by atoms with Gasteiger partial charge in [0.1, 0.15) is 17.3 Å². The van der Waals surface area contributed by atoms with Gasteiger partial charge in [0.05, 0.1) is 10.6 Å². The number of para-hydroxylation sites is 1. The summed E-state index contributed by atoms with van der Waals surface area (Å²) in [6.45, 7) is 7.96. The lowest BCUT2D eigenvalue weighted by Gasteiger charge is -2.36. The van der Waals surface area contributed by atoms with Gasteiger partial charge in [0, 0.05) is 62.4 Å². The number of piperidine rings is 1. The second-order valence-electron chi connectivity index (χ2n) is 10.4. The molecule has 206 valence electrons. The minimum Gasteiger partial charge on any atom is -0.368 e. The van der Waals surface area contributed by atoms with Gasteiger partial charge in [-0.25, -0.2) is 0 Å². The third-order valence-corrected chi connectivity index (χ3v) is 7.92. The van der Waals surface area contributed by atoms with Crippen LogP contribution in [0.3, 0.4) is 0 Å². The molecular formula is C31H34N6O3. The number of carbonyl (C=O) groups is 1. The van der Waals surface area contributed by atoms with Crippen molar-refractivity contribution in [2.24, 2.45) is 0 Å². The molecule has 2 aliphatic rings. The smallest absolute Gasteiger partial charge is 0.294 e. The van der Waals surface area contributed by atoms with Crippen LogP contribution in [0.4, 0.5) is 17.1 Å². The van der Waals surface area contributed by atoms with Crippen LogP contribution in [0.15, 0.2) is 60.2 Å². The third kappa shape index (κ3) is 5.43. The summed E-state index contributed by atoms with van der Waals surface area (Å²) in [6, 6.07) is 19.5. The molecule has 2 fully saturated rings. The van der Waals surface area contributed by atoms with Crippen molar-refractivity contribution in [1.29, 1.82) is 5.26 Å². The van der Waals surface area contributed by atoms with Gasteiger partial charge in [-0.3, -0.25) is 14.9 Å². The van der Waals surface area contributed by atoms with Crippen molar-refractivity contribution in [2.75, 3.05) is 49.1 Å². The van der Waals surface area contributed by atoms with Crippen LogP contribution in [0.2, 0.25) is 0 Å².